The van der Waals surface area contributed by atoms with Crippen molar-refractivity contribution in [2.75, 3.05) is 20.3 Å². The summed E-state index contributed by atoms with van der Waals surface area (Å²) in [5.74, 6) is -0.355. The third kappa shape index (κ3) is 5.23. The van der Waals surface area contributed by atoms with Crippen molar-refractivity contribution in [1.82, 2.24) is 5.32 Å². The van der Waals surface area contributed by atoms with Gasteiger partial charge in [-0.2, -0.15) is 0 Å². The van der Waals surface area contributed by atoms with Gasteiger partial charge in [-0.15, -0.1) is 0 Å². The molecule has 0 aliphatic carbocycles. The van der Waals surface area contributed by atoms with Crippen LogP contribution in [0.25, 0.3) is 0 Å². The van der Waals surface area contributed by atoms with E-state index >= 15 is 0 Å². The molecule has 0 saturated heterocycles. The molecule has 0 saturated carbocycles. The van der Waals surface area contributed by atoms with Crippen LogP contribution in [-0.4, -0.2) is 34.6 Å². The van der Waals surface area contributed by atoms with Crippen LogP contribution in [-0.2, 0) is 14.8 Å². The summed E-state index contributed by atoms with van der Waals surface area (Å²) in [6.07, 6.45) is 0. The average Bonchev–Trinajstić information content (AvgIpc) is 2.34. The topological polar surface area (TPSA) is 98.5 Å². The van der Waals surface area contributed by atoms with Crippen LogP contribution in [0.15, 0.2) is 21.5 Å². The Morgan fingerprint density at radius 1 is 1.52 bits per heavy atom. The van der Waals surface area contributed by atoms with Gasteiger partial charge in [-0.25, -0.2) is 13.6 Å². The van der Waals surface area contributed by atoms with Crippen LogP contribution in [0.5, 0.6) is 0 Å². The van der Waals surface area contributed by atoms with Crippen LogP contribution >= 0.6 is 27.5 Å². The fraction of sp³-hybridized carbons (Fsp3) is 0.417. The van der Waals surface area contributed by atoms with Gasteiger partial charge in [-0.05, 0) is 34.0 Å². The molecular weight excluding hydrogens is 384 g/mol. The molecule has 9 heteroatoms. The first-order valence-corrected chi connectivity index (χ1v) is 8.67. The number of primary sulfonamides is 1. The second-order valence-corrected chi connectivity index (χ2v) is 7.37. The van der Waals surface area contributed by atoms with E-state index in [2.05, 4.69) is 21.2 Å². The summed E-state index contributed by atoms with van der Waals surface area (Å²) in [7, 11) is -2.38. The summed E-state index contributed by atoms with van der Waals surface area (Å²) >= 11 is 9.03. The molecule has 0 bridgehead atoms. The molecule has 1 atom stereocenters. The number of nitrogens with two attached hydrogens (primary N) is 1. The smallest absolute Gasteiger partial charge is 0.252 e. The maximum atomic E-state index is 12.1. The Hall–Kier alpha value is -0.670. The Kier molecular flexibility index (Phi) is 6.61. The number of ether oxygens (including phenoxy) is 1. The highest BCUT2D eigenvalue weighted by molar-refractivity contribution is 9.10. The monoisotopic (exact) mass is 398 g/mol. The second-order valence-electron chi connectivity index (χ2n) is 4.58. The number of benzene rings is 1. The predicted octanol–water partition coefficient (Wildman–Crippen LogP) is 1.76. The van der Waals surface area contributed by atoms with Crippen molar-refractivity contribution in [3.05, 3.63) is 27.2 Å². The zero-order valence-corrected chi connectivity index (χ0v) is 14.7. The number of hydrogen-bond donors (Lipinski definition) is 2. The normalized spacial score (nSPS) is 13.0. The zero-order valence-electron chi connectivity index (χ0n) is 11.5. The fourth-order valence-electron chi connectivity index (χ4n) is 1.63. The van der Waals surface area contributed by atoms with Crippen LogP contribution in [0, 0.1) is 5.92 Å². The lowest BCUT2D eigenvalue weighted by molar-refractivity contribution is 0.0934. The van der Waals surface area contributed by atoms with E-state index in [0.717, 1.165) is 6.07 Å². The maximum Gasteiger partial charge on any atom is 0.252 e. The third-order valence-electron chi connectivity index (χ3n) is 2.63. The summed E-state index contributed by atoms with van der Waals surface area (Å²) in [5, 5.41) is 7.89. The molecule has 1 rings (SSSR count). The van der Waals surface area contributed by atoms with Crippen LogP contribution < -0.4 is 10.5 Å². The molecule has 0 aliphatic rings. The molecule has 0 fully saturated rings. The van der Waals surface area contributed by atoms with Crippen LogP contribution in [0.2, 0.25) is 5.02 Å². The lowest BCUT2D eigenvalue weighted by Crippen LogP contribution is -2.30. The van der Waals surface area contributed by atoms with Crippen molar-refractivity contribution < 1.29 is 17.9 Å². The van der Waals surface area contributed by atoms with E-state index in [9.17, 15) is 13.2 Å². The molecule has 0 heterocycles. The molecule has 1 unspecified atom stereocenters. The van der Waals surface area contributed by atoms with Crippen molar-refractivity contribution in [2.24, 2.45) is 11.1 Å². The van der Waals surface area contributed by atoms with Gasteiger partial charge in [-0.1, -0.05) is 18.5 Å². The van der Waals surface area contributed by atoms with E-state index in [1.807, 2.05) is 6.92 Å². The Balaban J connectivity index is 3.00. The number of amides is 1. The van der Waals surface area contributed by atoms with Crippen molar-refractivity contribution >= 4 is 43.5 Å². The number of carbonyl (C=O) groups excluding carboxylic acids is 1. The molecule has 0 aliphatic heterocycles. The highest BCUT2D eigenvalue weighted by Crippen LogP contribution is 2.28. The Morgan fingerprint density at radius 2 is 2.14 bits per heavy atom. The number of sulfonamides is 1. The van der Waals surface area contributed by atoms with Gasteiger partial charge in [0.05, 0.1) is 22.1 Å². The van der Waals surface area contributed by atoms with Crippen LogP contribution in [0.4, 0.5) is 0 Å². The molecule has 0 aromatic heterocycles. The molecule has 21 heavy (non-hydrogen) atoms. The first kappa shape index (κ1) is 18.4. The van der Waals surface area contributed by atoms with Crippen molar-refractivity contribution in [3.8, 4) is 0 Å². The maximum absolute atomic E-state index is 12.1. The minimum absolute atomic E-state index is 0.0495. The molecule has 1 amide bonds. The van der Waals surface area contributed by atoms with E-state index in [1.54, 1.807) is 7.11 Å². The van der Waals surface area contributed by atoms with E-state index < -0.39 is 15.9 Å². The third-order valence-corrected chi connectivity index (χ3v) is 4.82. The Labute approximate surface area is 137 Å². The fourth-order valence-corrected chi connectivity index (χ4v) is 3.64. The summed E-state index contributed by atoms with van der Waals surface area (Å²) in [6.45, 7) is 2.78. The molecule has 6 nitrogen and oxygen atoms in total. The number of methoxy groups -OCH3 is 1. The number of halogens is 2. The Morgan fingerprint density at radius 3 is 2.67 bits per heavy atom. The molecule has 118 valence electrons. The largest absolute Gasteiger partial charge is 0.384 e. The zero-order chi connectivity index (χ0) is 16.2. The first-order valence-electron chi connectivity index (χ1n) is 5.95. The van der Waals surface area contributed by atoms with Gasteiger partial charge in [0, 0.05) is 18.1 Å². The van der Waals surface area contributed by atoms with Crippen molar-refractivity contribution in [1.29, 1.82) is 0 Å². The van der Waals surface area contributed by atoms with Gasteiger partial charge in [0.1, 0.15) is 0 Å². The van der Waals surface area contributed by atoms with Crippen molar-refractivity contribution in [2.45, 2.75) is 11.8 Å². The summed E-state index contributed by atoms with van der Waals surface area (Å²) in [4.78, 5) is 11.9. The molecule has 0 spiro atoms. The number of hydrogen-bond acceptors (Lipinski definition) is 4. The minimum Gasteiger partial charge on any atom is -0.384 e. The van der Waals surface area contributed by atoms with E-state index in [0.29, 0.717) is 13.2 Å². The minimum atomic E-state index is -3.95. The molecule has 3 N–H and O–H groups in total. The lowest BCUT2D eigenvalue weighted by atomic mass is 10.1. The van der Waals surface area contributed by atoms with Gasteiger partial charge in [0.25, 0.3) is 5.91 Å². The quantitative estimate of drug-likeness (QED) is 0.761. The van der Waals surface area contributed by atoms with Gasteiger partial charge >= 0.3 is 0 Å². The van der Waals surface area contributed by atoms with E-state index in [1.165, 1.54) is 6.07 Å². The summed E-state index contributed by atoms with van der Waals surface area (Å²) in [5.41, 5.74) is 0.0495. The first-order chi connectivity index (χ1) is 9.66. The SMILES string of the molecule is COCC(C)CNC(=O)c1cc(S(N)(=O)=O)c(Br)cc1Cl. The second kappa shape index (κ2) is 7.55. The standard InChI is InChI=1S/C12H16BrClN2O4S/c1-7(6-20-2)5-16-12(17)8-3-11(21(15,18)19)9(13)4-10(8)14/h3-4,7H,5-6H2,1-2H3,(H,16,17)(H2,15,18,19). The van der Waals surface area contributed by atoms with Gasteiger partial charge in [0.15, 0.2) is 0 Å². The molecule has 1 aromatic carbocycles. The number of carbonyl (C=O) groups is 1. The van der Waals surface area contributed by atoms with E-state index in [4.69, 9.17) is 21.5 Å². The van der Waals surface area contributed by atoms with Gasteiger partial charge < -0.3 is 10.1 Å². The number of nitrogens with one attached hydrogen (secondary N) is 1. The van der Waals surface area contributed by atoms with Crippen LogP contribution in [0.1, 0.15) is 17.3 Å². The molecular formula is C12H16BrClN2O4S. The lowest BCUT2D eigenvalue weighted by Gasteiger charge is -2.13. The van der Waals surface area contributed by atoms with E-state index in [-0.39, 0.29) is 25.9 Å². The molecule has 1 aromatic rings. The summed E-state index contributed by atoms with van der Waals surface area (Å²) in [6, 6.07) is 2.48. The van der Waals surface area contributed by atoms with Gasteiger partial charge in [0.2, 0.25) is 10.0 Å². The predicted molar refractivity (Wildman–Crippen MR) is 83.9 cm³/mol. The average molecular weight is 400 g/mol. The van der Waals surface area contributed by atoms with Gasteiger partial charge in [-0.3, -0.25) is 4.79 Å². The highest BCUT2D eigenvalue weighted by atomic mass is 79.9. The van der Waals surface area contributed by atoms with Crippen LogP contribution in [0.3, 0.4) is 0 Å². The number of rotatable bonds is 6. The molecule has 0 radical (unpaired) electrons. The Bertz CT molecular complexity index is 636. The highest BCUT2D eigenvalue weighted by Gasteiger charge is 2.19. The summed E-state index contributed by atoms with van der Waals surface area (Å²) < 4.78 is 28.1. The van der Waals surface area contributed by atoms with Crippen molar-refractivity contribution in [3.63, 3.8) is 0 Å².